The Kier molecular flexibility index (Phi) is 19.4. The van der Waals surface area contributed by atoms with Crippen LogP contribution in [0.5, 0.6) is 11.5 Å². The number of hydrogen-bond acceptors (Lipinski definition) is 10. The summed E-state index contributed by atoms with van der Waals surface area (Å²) in [6.45, 7) is 4.74. The van der Waals surface area contributed by atoms with E-state index in [1.807, 2.05) is 117 Å². The Hall–Kier alpha value is -6.71. The van der Waals surface area contributed by atoms with Crippen LogP contribution in [0.2, 0.25) is 0 Å². The third kappa shape index (κ3) is 14.9. The molecule has 0 heterocycles. The maximum Gasteiger partial charge on any atom is 0.328 e. The predicted octanol–water partition coefficient (Wildman–Crippen LogP) is 5.49. The van der Waals surface area contributed by atoms with E-state index in [1.54, 1.807) is 7.11 Å². The molecule has 0 fully saturated rings. The largest absolute Gasteiger partial charge is 0.491 e. The highest BCUT2D eigenvalue weighted by atomic mass is 16.5. The van der Waals surface area contributed by atoms with Crippen LogP contribution in [0.1, 0.15) is 57.9 Å². The van der Waals surface area contributed by atoms with Crippen LogP contribution in [0.25, 0.3) is 32.7 Å². The minimum absolute atomic E-state index is 0.0258. The van der Waals surface area contributed by atoms with E-state index in [-0.39, 0.29) is 37.9 Å². The molecule has 0 spiro atoms. The minimum atomic E-state index is -1.11. The first-order chi connectivity index (χ1) is 31.5. The smallest absolute Gasteiger partial charge is 0.328 e. The number of nitrogens with one attached hydrogen (secondary N) is 3. The lowest BCUT2D eigenvalue weighted by Gasteiger charge is -2.26. The van der Waals surface area contributed by atoms with Crippen molar-refractivity contribution < 1.29 is 38.1 Å². The minimum Gasteiger partial charge on any atom is -0.491 e. The topological polar surface area (TPSA) is 232 Å². The van der Waals surface area contributed by atoms with E-state index in [9.17, 15) is 19.2 Å². The Balaban J connectivity index is 1.37. The number of guanidine groups is 1. The van der Waals surface area contributed by atoms with Gasteiger partial charge in [-0.15, -0.1) is 0 Å². The first kappa shape index (κ1) is 49.3. The van der Waals surface area contributed by atoms with Gasteiger partial charge in [0.2, 0.25) is 11.8 Å². The summed E-state index contributed by atoms with van der Waals surface area (Å²) in [5, 5.41) is 12.3. The summed E-state index contributed by atoms with van der Waals surface area (Å²) >= 11 is 0. The molecule has 5 aromatic rings. The molecule has 0 aromatic heterocycles. The van der Waals surface area contributed by atoms with Gasteiger partial charge in [0.15, 0.2) is 12.6 Å². The lowest BCUT2D eigenvalue weighted by molar-refractivity contribution is -0.150. The van der Waals surface area contributed by atoms with Gasteiger partial charge in [-0.1, -0.05) is 105 Å². The lowest BCUT2D eigenvalue weighted by atomic mass is 9.92. The molecule has 5 rings (SSSR count). The first-order valence-electron chi connectivity index (χ1n) is 22.1. The number of nitrogens with two attached hydrogens (primary N) is 3. The maximum atomic E-state index is 14.2. The Morgan fingerprint density at radius 2 is 1.22 bits per heavy atom. The molecule has 0 aliphatic heterocycles. The van der Waals surface area contributed by atoms with Crippen LogP contribution in [-0.2, 0) is 35.3 Å². The third-order valence-electron chi connectivity index (χ3n) is 10.6. The Morgan fingerprint density at radius 3 is 1.82 bits per heavy atom. The lowest BCUT2D eigenvalue weighted by Crippen LogP contribution is -2.56. The van der Waals surface area contributed by atoms with Crippen molar-refractivity contribution in [3.8, 4) is 22.6 Å². The van der Waals surface area contributed by atoms with Crippen LogP contribution in [0.15, 0.2) is 108 Å². The van der Waals surface area contributed by atoms with Crippen molar-refractivity contribution in [2.75, 3.05) is 40.0 Å². The Labute approximate surface area is 380 Å². The van der Waals surface area contributed by atoms with Crippen molar-refractivity contribution in [1.82, 2.24) is 16.0 Å². The summed E-state index contributed by atoms with van der Waals surface area (Å²) in [4.78, 5) is 59.4. The second-order valence-electron chi connectivity index (χ2n) is 16.1. The zero-order valence-corrected chi connectivity index (χ0v) is 37.6. The number of amides is 3. The number of benzene rings is 5. The molecule has 15 heteroatoms. The van der Waals surface area contributed by atoms with E-state index >= 15 is 0 Å². The van der Waals surface area contributed by atoms with Gasteiger partial charge >= 0.3 is 5.97 Å². The van der Waals surface area contributed by atoms with Crippen molar-refractivity contribution >= 4 is 51.2 Å². The van der Waals surface area contributed by atoms with Gasteiger partial charge < -0.3 is 52.1 Å². The highest BCUT2D eigenvalue weighted by Crippen LogP contribution is 2.45. The van der Waals surface area contributed by atoms with Crippen LogP contribution in [-0.4, -0.2) is 87.8 Å². The van der Waals surface area contributed by atoms with E-state index < -0.39 is 48.4 Å². The average Bonchev–Trinajstić information content (AvgIpc) is 3.30. The maximum absolute atomic E-state index is 14.2. The number of ether oxygens (including phenoxy) is 4. The molecule has 0 radical (unpaired) electrons. The summed E-state index contributed by atoms with van der Waals surface area (Å²) in [6, 6.07) is 29.6. The number of nitrogens with zero attached hydrogens (tertiary/aromatic N) is 1. The van der Waals surface area contributed by atoms with Crippen LogP contribution in [0.4, 0.5) is 0 Å². The molecular formula is C50H63N7O8. The van der Waals surface area contributed by atoms with E-state index in [2.05, 4.69) is 20.9 Å². The molecule has 0 saturated carbocycles. The van der Waals surface area contributed by atoms with Crippen LogP contribution in [0, 0.1) is 5.92 Å². The average molecular weight is 890 g/mol. The normalized spacial score (nSPS) is 12.5. The van der Waals surface area contributed by atoms with Crippen LogP contribution < -0.4 is 42.6 Å². The van der Waals surface area contributed by atoms with E-state index in [0.717, 1.165) is 38.2 Å². The molecule has 5 aromatic carbocycles. The zero-order chi connectivity index (χ0) is 46.6. The monoisotopic (exact) mass is 889 g/mol. The molecule has 346 valence electrons. The molecule has 0 bridgehead atoms. The molecule has 15 nitrogen and oxygen atoms in total. The van der Waals surface area contributed by atoms with Gasteiger partial charge in [-0.3, -0.25) is 19.4 Å². The number of aliphatic imine (C=N–C) groups is 1. The van der Waals surface area contributed by atoms with Gasteiger partial charge in [-0.05, 0) is 90.2 Å². The molecule has 0 saturated heterocycles. The quantitative estimate of drug-likeness (QED) is 0.0176. The Bertz CT molecular complexity index is 2370. The highest BCUT2D eigenvalue weighted by Gasteiger charge is 2.31. The van der Waals surface area contributed by atoms with Crippen molar-refractivity contribution in [3.05, 3.63) is 109 Å². The van der Waals surface area contributed by atoms with Crippen LogP contribution in [0.3, 0.4) is 0 Å². The fourth-order valence-corrected chi connectivity index (χ4v) is 7.47. The molecule has 3 amide bonds. The van der Waals surface area contributed by atoms with Crippen molar-refractivity contribution in [2.45, 2.75) is 77.1 Å². The summed E-state index contributed by atoms with van der Waals surface area (Å²) in [6.07, 6.45) is 2.10. The van der Waals surface area contributed by atoms with Gasteiger partial charge in [-0.2, -0.15) is 0 Å². The number of fused-ring (bicyclic) bond motifs is 2. The van der Waals surface area contributed by atoms with Crippen molar-refractivity contribution in [3.63, 3.8) is 0 Å². The molecule has 65 heavy (non-hydrogen) atoms. The second-order valence-corrected chi connectivity index (χ2v) is 16.1. The van der Waals surface area contributed by atoms with Crippen molar-refractivity contribution in [2.24, 2.45) is 28.1 Å². The number of carbonyl (C=O) groups is 4. The number of esters is 1. The summed E-state index contributed by atoms with van der Waals surface area (Å²) in [5.74, 6) is -1.37. The molecule has 9 N–H and O–H groups in total. The number of rotatable bonds is 26. The second kappa shape index (κ2) is 25.5. The molecule has 0 aliphatic rings. The standard InChI is InChI=1S/C50H63N7O8/c1-33(2)30-41(49(61)65-31-34-14-5-4-6-15-34)57-48(60)40(21-13-27-54-50(52)53)56-47(59)39(20-11-12-26-51)55-44(58)32-64-43-25-23-36-17-8-10-19-38(36)46(43)45-37-18-9-7-16-35(37)22-24-42(45)63-29-28-62-3/h4-10,14-19,22-25,33,39-41H,11-13,20-21,26-32,51H2,1-3H3,(H,55,58)(H,56,59)(H,57,60)(H4,52,53,54)/t39-,40-,41+/m1/s1. The molecule has 0 aliphatic carbocycles. The van der Waals surface area contributed by atoms with E-state index in [1.165, 1.54) is 0 Å². The highest BCUT2D eigenvalue weighted by molar-refractivity contribution is 6.10. The predicted molar refractivity (Wildman–Crippen MR) is 254 cm³/mol. The van der Waals surface area contributed by atoms with E-state index in [4.69, 9.17) is 36.1 Å². The third-order valence-corrected chi connectivity index (χ3v) is 10.6. The van der Waals surface area contributed by atoms with Gasteiger partial charge in [0.25, 0.3) is 5.91 Å². The number of methoxy groups -OCH3 is 1. The summed E-state index contributed by atoms with van der Waals surface area (Å²) in [7, 11) is 1.61. The summed E-state index contributed by atoms with van der Waals surface area (Å²) < 4.78 is 23.5. The summed E-state index contributed by atoms with van der Waals surface area (Å²) in [5.41, 5.74) is 19.2. The SMILES string of the molecule is COCCOc1ccc2ccccc2c1-c1c(OCC(=O)N[C@H](CCCCN)C(=O)N[C@H](CCCN=C(N)N)C(=O)N[C@@H](CC(C)C)C(=O)OCc2ccccc2)ccc2ccccc12. The number of hydrogen-bond donors (Lipinski definition) is 6. The zero-order valence-electron chi connectivity index (χ0n) is 37.6. The molecular weight excluding hydrogens is 827 g/mol. The molecule has 0 unspecified atom stereocenters. The van der Waals surface area contributed by atoms with Gasteiger partial charge in [0, 0.05) is 24.8 Å². The first-order valence-corrected chi connectivity index (χ1v) is 22.1. The fraction of sp³-hybridized carbons (Fsp3) is 0.380. The Morgan fingerprint density at radius 1 is 0.646 bits per heavy atom. The van der Waals surface area contributed by atoms with Crippen molar-refractivity contribution in [1.29, 1.82) is 0 Å². The van der Waals surface area contributed by atoms with Gasteiger partial charge in [-0.25, -0.2) is 4.79 Å². The van der Waals surface area contributed by atoms with Gasteiger partial charge in [0.1, 0.15) is 42.8 Å². The van der Waals surface area contributed by atoms with E-state index in [0.29, 0.717) is 56.9 Å². The van der Waals surface area contributed by atoms with Crippen LogP contribution >= 0.6 is 0 Å². The number of carbonyl (C=O) groups excluding carboxylic acids is 4. The van der Waals surface area contributed by atoms with Gasteiger partial charge in [0.05, 0.1) is 6.61 Å². The fourth-order valence-electron chi connectivity index (χ4n) is 7.47. The molecule has 3 atom stereocenters. The number of unbranched alkanes of at least 4 members (excludes halogenated alkanes) is 1.